The number of ether oxygens (including phenoxy) is 1. The average molecular weight is 367 g/mol. The van der Waals surface area contributed by atoms with Crippen LogP contribution in [0.5, 0.6) is 0 Å². The van der Waals surface area contributed by atoms with Crippen LogP contribution in [0.15, 0.2) is 36.5 Å². The number of carbonyl (C=O) groups excluding carboxylic acids is 2. The first-order valence-electron chi connectivity index (χ1n) is 9.73. The quantitative estimate of drug-likeness (QED) is 0.905. The molecule has 27 heavy (non-hydrogen) atoms. The van der Waals surface area contributed by atoms with Gasteiger partial charge in [-0.15, -0.1) is 0 Å². The predicted octanol–water partition coefficient (Wildman–Crippen LogP) is 2.84. The smallest absolute Gasteiger partial charge is 0.227 e. The largest absolute Gasteiger partial charge is 0.381 e. The van der Waals surface area contributed by atoms with Crippen LogP contribution >= 0.6 is 0 Å². The number of piperidine rings is 1. The zero-order valence-electron chi connectivity index (χ0n) is 15.4. The van der Waals surface area contributed by atoms with Crippen molar-refractivity contribution < 1.29 is 14.3 Å². The van der Waals surface area contributed by atoms with Crippen molar-refractivity contribution in [2.75, 3.05) is 31.6 Å². The van der Waals surface area contributed by atoms with E-state index in [1.165, 1.54) is 0 Å². The van der Waals surface area contributed by atoms with Crippen molar-refractivity contribution in [3.05, 3.63) is 36.5 Å². The standard InChI is InChI=1S/C21H25N3O3/c25-20(23-18-5-1-3-15-4-2-10-22-19(15)18)16-6-11-24(12-7-16)21(26)17-8-13-27-14-9-17/h1-5,10,16-17H,6-9,11-14H2,(H,23,25). The second-order valence-electron chi connectivity index (χ2n) is 7.36. The van der Waals surface area contributed by atoms with Crippen LogP contribution in [0, 0.1) is 11.8 Å². The Labute approximate surface area is 158 Å². The van der Waals surface area contributed by atoms with E-state index in [2.05, 4.69) is 10.3 Å². The Morgan fingerprint density at radius 1 is 1.00 bits per heavy atom. The van der Waals surface area contributed by atoms with Crippen LogP contribution in [0.4, 0.5) is 5.69 Å². The molecule has 6 nitrogen and oxygen atoms in total. The number of likely N-dealkylation sites (tertiary alicyclic amines) is 1. The Balaban J connectivity index is 1.35. The van der Waals surface area contributed by atoms with Crippen LogP contribution < -0.4 is 5.32 Å². The van der Waals surface area contributed by atoms with Gasteiger partial charge in [-0.2, -0.15) is 0 Å². The maximum absolute atomic E-state index is 12.7. The van der Waals surface area contributed by atoms with E-state index in [9.17, 15) is 9.59 Å². The number of benzene rings is 1. The van der Waals surface area contributed by atoms with E-state index in [-0.39, 0.29) is 23.7 Å². The van der Waals surface area contributed by atoms with Gasteiger partial charge in [-0.05, 0) is 37.8 Å². The second kappa shape index (κ2) is 8.05. The molecule has 0 aliphatic carbocycles. The number of pyridine rings is 1. The second-order valence-corrected chi connectivity index (χ2v) is 7.36. The Kier molecular flexibility index (Phi) is 5.34. The molecule has 0 atom stereocenters. The van der Waals surface area contributed by atoms with Gasteiger partial charge in [0.1, 0.15) is 0 Å². The zero-order valence-corrected chi connectivity index (χ0v) is 15.4. The van der Waals surface area contributed by atoms with Gasteiger partial charge in [0.25, 0.3) is 0 Å². The maximum atomic E-state index is 12.7. The molecule has 2 saturated heterocycles. The first kappa shape index (κ1) is 17.9. The van der Waals surface area contributed by atoms with Gasteiger partial charge < -0.3 is 15.0 Å². The normalized spacial score (nSPS) is 19.2. The van der Waals surface area contributed by atoms with Crippen molar-refractivity contribution in [3.8, 4) is 0 Å². The number of nitrogens with one attached hydrogen (secondary N) is 1. The van der Waals surface area contributed by atoms with Crippen molar-refractivity contribution in [1.82, 2.24) is 9.88 Å². The molecule has 0 unspecified atom stereocenters. The van der Waals surface area contributed by atoms with Crippen LogP contribution in [0.25, 0.3) is 10.9 Å². The summed E-state index contributed by atoms with van der Waals surface area (Å²) >= 11 is 0. The Morgan fingerprint density at radius 3 is 2.52 bits per heavy atom. The maximum Gasteiger partial charge on any atom is 0.227 e. The number of rotatable bonds is 3. The highest BCUT2D eigenvalue weighted by atomic mass is 16.5. The average Bonchev–Trinajstić information content (AvgIpc) is 2.74. The fraction of sp³-hybridized carbons (Fsp3) is 0.476. The highest BCUT2D eigenvalue weighted by Crippen LogP contribution is 2.26. The molecule has 0 radical (unpaired) electrons. The summed E-state index contributed by atoms with van der Waals surface area (Å²) in [7, 11) is 0. The summed E-state index contributed by atoms with van der Waals surface area (Å²) in [5.41, 5.74) is 1.55. The van der Waals surface area contributed by atoms with Crippen LogP contribution in [-0.2, 0) is 14.3 Å². The minimum absolute atomic E-state index is 0.0197. The van der Waals surface area contributed by atoms with E-state index in [1.54, 1.807) is 6.20 Å². The van der Waals surface area contributed by atoms with Crippen LogP contribution in [0.3, 0.4) is 0 Å². The molecule has 2 aromatic rings. The summed E-state index contributed by atoms with van der Waals surface area (Å²) in [6.07, 6.45) is 4.77. The van der Waals surface area contributed by atoms with Gasteiger partial charge in [0.15, 0.2) is 0 Å². The third kappa shape index (κ3) is 3.95. The molecule has 1 aromatic carbocycles. The lowest BCUT2D eigenvalue weighted by Gasteiger charge is -2.34. The van der Waals surface area contributed by atoms with E-state index in [0.29, 0.717) is 39.1 Å². The third-order valence-corrected chi connectivity index (χ3v) is 5.64. The molecule has 2 aliphatic rings. The molecule has 142 valence electrons. The molecule has 2 fully saturated rings. The zero-order chi connectivity index (χ0) is 18.6. The number of amides is 2. The van der Waals surface area contributed by atoms with Gasteiger partial charge in [0.2, 0.25) is 11.8 Å². The third-order valence-electron chi connectivity index (χ3n) is 5.64. The number of hydrogen-bond donors (Lipinski definition) is 1. The molecule has 2 amide bonds. The molecule has 0 saturated carbocycles. The van der Waals surface area contributed by atoms with Crippen LogP contribution in [0.2, 0.25) is 0 Å². The number of para-hydroxylation sites is 1. The van der Waals surface area contributed by atoms with Crippen molar-refractivity contribution in [3.63, 3.8) is 0 Å². The van der Waals surface area contributed by atoms with E-state index in [1.807, 2.05) is 35.2 Å². The summed E-state index contributed by atoms with van der Waals surface area (Å²) in [6, 6.07) is 9.67. The molecular formula is C21H25N3O3. The van der Waals surface area contributed by atoms with E-state index in [4.69, 9.17) is 4.74 Å². The summed E-state index contributed by atoms with van der Waals surface area (Å²) in [6.45, 7) is 2.66. The number of carbonyl (C=O) groups is 2. The number of nitrogens with zero attached hydrogens (tertiary/aromatic N) is 2. The molecule has 1 N–H and O–H groups in total. The fourth-order valence-corrected chi connectivity index (χ4v) is 4.00. The van der Waals surface area contributed by atoms with E-state index >= 15 is 0 Å². The van der Waals surface area contributed by atoms with Gasteiger partial charge in [0.05, 0.1) is 11.2 Å². The molecule has 3 heterocycles. The highest BCUT2D eigenvalue weighted by Gasteiger charge is 2.31. The van der Waals surface area contributed by atoms with Gasteiger partial charge in [-0.1, -0.05) is 18.2 Å². The summed E-state index contributed by atoms with van der Waals surface area (Å²) in [5, 5.41) is 4.05. The van der Waals surface area contributed by atoms with Crippen LogP contribution in [-0.4, -0.2) is 48.0 Å². The van der Waals surface area contributed by atoms with Crippen molar-refractivity contribution in [1.29, 1.82) is 0 Å². The first-order valence-corrected chi connectivity index (χ1v) is 9.73. The monoisotopic (exact) mass is 367 g/mol. The summed E-state index contributed by atoms with van der Waals surface area (Å²) in [5.74, 6) is 0.273. The molecule has 2 aliphatic heterocycles. The van der Waals surface area contributed by atoms with Crippen molar-refractivity contribution in [2.24, 2.45) is 11.8 Å². The Bertz CT molecular complexity index is 819. The van der Waals surface area contributed by atoms with E-state index in [0.717, 1.165) is 29.4 Å². The van der Waals surface area contributed by atoms with Gasteiger partial charge >= 0.3 is 0 Å². The lowest BCUT2D eigenvalue weighted by molar-refractivity contribution is -0.141. The number of fused-ring (bicyclic) bond motifs is 1. The fourth-order valence-electron chi connectivity index (χ4n) is 4.00. The lowest BCUT2D eigenvalue weighted by Crippen LogP contribution is -2.45. The number of hydrogen-bond acceptors (Lipinski definition) is 4. The Hall–Kier alpha value is -2.47. The molecule has 6 heteroatoms. The van der Waals surface area contributed by atoms with Crippen LogP contribution in [0.1, 0.15) is 25.7 Å². The van der Waals surface area contributed by atoms with Crippen molar-refractivity contribution in [2.45, 2.75) is 25.7 Å². The predicted molar refractivity (Wildman–Crippen MR) is 103 cm³/mol. The number of aromatic nitrogens is 1. The molecule has 0 bridgehead atoms. The topological polar surface area (TPSA) is 71.5 Å². The first-order chi connectivity index (χ1) is 13.2. The minimum atomic E-state index is -0.0669. The molecule has 4 rings (SSSR count). The molecule has 1 aromatic heterocycles. The Morgan fingerprint density at radius 2 is 1.74 bits per heavy atom. The van der Waals surface area contributed by atoms with Gasteiger partial charge in [-0.3, -0.25) is 14.6 Å². The van der Waals surface area contributed by atoms with Gasteiger partial charge in [0, 0.05) is 49.7 Å². The number of anilines is 1. The SMILES string of the molecule is O=C(Nc1cccc2cccnc12)C1CCN(C(=O)C2CCOCC2)CC1. The van der Waals surface area contributed by atoms with Gasteiger partial charge in [-0.25, -0.2) is 0 Å². The molecular weight excluding hydrogens is 342 g/mol. The minimum Gasteiger partial charge on any atom is -0.381 e. The van der Waals surface area contributed by atoms with Crippen molar-refractivity contribution >= 4 is 28.4 Å². The summed E-state index contributed by atoms with van der Waals surface area (Å²) in [4.78, 5) is 31.7. The molecule has 0 spiro atoms. The highest BCUT2D eigenvalue weighted by molar-refractivity contribution is 6.01. The lowest BCUT2D eigenvalue weighted by atomic mass is 9.93. The van der Waals surface area contributed by atoms with E-state index < -0.39 is 0 Å². The summed E-state index contributed by atoms with van der Waals surface area (Å²) < 4.78 is 5.34.